The number of benzene rings is 2. The Morgan fingerprint density at radius 2 is 2.00 bits per heavy atom. The van der Waals surface area contributed by atoms with Crippen LogP contribution in [0.2, 0.25) is 0 Å². The Bertz CT molecular complexity index is 1030. The van der Waals surface area contributed by atoms with E-state index in [4.69, 9.17) is 10.00 Å². The summed E-state index contributed by atoms with van der Waals surface area (Å²) in [5, 5.41) is 16.5. The number of carbonyl (C=O) groups excluding carboxylic acids is 1. The highest BCUT2D eigenvalue weighted by Gasteiger charge is 2.27. The first-order chi connectivity index (χ1) is 13.2. The molecule has 3 aromatic rings. The Kier molecular flexibility index (Phi) is 4.35. The van der Waals surface area contributed by atoms with Gasteiger partial charge in [-0.25, -0.2) is 0 Å². The molecule has 2 heterocycles. The monoisotopic (exact) mass is 358 g/mol. The number of amides is 1. The van der Waals surface area contributed by atoms with Crippen LogP contribution in [-0.4, -0.2) is 34.7 Å². The average molecular weight is 358 g/mol. The summed E-state index contributed by atoms with van der Waals surface area (Å²) in [5.41, 5.74) is 4.93. The van der Waals surface area contributed by atoms with Crippen molar-refractivity contribution < 1.29 is 9.53 Å². The van der Waals surface area contributed by atoms with E-state index in [1.165, 1.54) is 0 Å². The molecule has 0 atom stereocenters. The van der Waals surface area contributed by atoms with Crippen molar-refractivity contribution in [3.05, 3.63) is 70.9 Å². The quantitative estimate of drug-likeness (QED) is 0.780. The minimum atomic E-state index is -0.0442. The molecule has 27 heavy (non-hydrogen) atoms. The first-order valence-corrected chi connectivity index (χ1v) is 8.70. The predicted molar refractivity (Wildman–Crippen MR) is 100 cm³/mol. The van der Waals surface area contributed by atoms with E-state index in [1.54, 1.807) is 31.4 Å². The highest BCUT2D eigenvalue weighted by Crippen LogP contribution is 2.34. The third-order valence-electron chi connectivity index (χ3n) is 4.84. The van der Waals surface area contributed by atoms with Gasteiger partial charge >= 0.3 is 0 Å². The van der Waals surface area contributed by atoms with Gasteiger partial charge in [0, 0.05) is 41.9 Å². The van der Waals surface area contributed by atoms with Crippen LogP contribution >= 0.6 is 0 Å². The fourth-order valence-electron chi connectivity index (χ4n) is 3.40. The lowest BCUT2D eigenvalue weighted by Gasteiger charge is -2.27. The molecule has 0 radical (unpaired) electrons. The molecule has 0 spiro atoms. The maximum atomic E-state index is 12.9. The van der Waals surface area contributed by atoms with E-state index >= 15 is 0 Å². The summed E-state index contributed by atoms with van der Waals surface area (Å²) in [4.78, 5) is 14.7. The second-order valence-electron chi connectivity index (χ2n) is 6.40. The van der Waals surface area contributed by atoms with Gasteiger partial charge in [-0.05, 0) is 36.4 Å². The number of nitrogens with one attached hydrogen (secondary N) is 1. The first kappa shape index (κ1) is 16.9. The predicted octanol–water partition coefficient (Wildman–Crippen LogP) is 3.16. The smallest absolute Gasteiger partial charge is 0.254 e. The van der Waals surface area contributed by atoms with E-state index in [9.17, 15) is 4.79 Å². The Balaban J connectivity index is 1.64. The van der Waals surface area contributed by atoms with Crippen molar-refractivity contribution in [2.24, 2.45) is 0 Å². The van der Waals surface area contributed by atoms with Crippen molar-refractivity contribution in [3.63, 3.8) is 0 Å². The van der Waals surface area contributed by atoms with E-state index in [1.807, 2.05) is 29.2 Å². The number of hydrogen-bond acceptors (Lipinski definition) is 4. The number of carbonyl (C=O) groups is 1. The molecule has 0 aliphatic carbocycles. The van der Waals surface area contributed by atoms with Gasteiger partial charge in [-0.3, -0.25) is 9.89 Å². The van der Waals surface area contributed by atoms with Crippen molar-refractivity contribution >= 4 is 5.91 Å². The normalized spacial score (nSPS) is 13.0. The number of rotatable bonds is 3. The molecule has 1 amide bonds. The molecule has 0 bridgehead atoms. The van der Waals surface area contributed by atoms with Crippen LogP contribution in [0, 0.1) is 11.3 Å². The molecular weight excluding hydrogens is 340 g/mol. The van der Waals surface area contributed by atoms with Gasteiger partial charge < -0.3 is 9.64 Å². The van der Waals surface area contributed by atoms with E-state index in [-0.39, 0.29) is 5.91 Å². The summed E-state index contributed by atoms with van der Waals surface area (Å²) in [6, 6.07) is 16.5. The highest BCUT2D eigenvalue weighted by atomic mass is 16.5. The molecule has 1 aliphatic rings. The van der Waals surface area contributed by atoms with Crippen LogP contribution in [-0.2, 0) is 13.0 Å². The van der Waals surface area contributed by atoms with Gasteiger partial charge in [0.25, 0.3) is 5.91 Å². The van der Waals surface area contributed by atoms with Gasteiger partial charge in [0.15, 0.2) is 0 Å². The molecule has 6 heteroatoms. The summed E-state index contributed by atoms with van der Waals surface area (Å²) in [6.07, 6.45) is 0.722. The molecule has 0 saturated carbocycles. The molecule has 1 aromatic heterocycles. The zero-order valence-electron chi connectivity index (χ0n) is 14.9. The van der Waals surface area contributed by atoms with Crippen LogP contribution in [0.15, 0.2) is 48.5 Å². The summed E-state index contributed by atoms with van der Waals surface area (Å²) >= 11 is 0. The standard InChI is InChI=1S/C21H18N4O2/c1-27-19-5-3-2-4-16(19)20-17-13-25(11-10-18(17)23-24-20)21(26)15-8-6-14(12-22)7-9-15/h2-9H,10-11,13H2,1H3,(H,23,24). The topological polar surface area (TPSA) is 82.0 Å². The van der Waals surface area contributed by atoms with Crippen LogP contribution in [0.4, 0.5) is 0 Å². The zero-order chi connectivity index (χ0) is 18.8. The van der Waals surface area contributed by atoms with Crippen LogP contribution in [0.5, 0.6) is 5.75 Å². The van der Waals surface area contributed by atoms with Crippen molar-refractivity contribution in [1.82, 2.24) is 15.1 Å². The molecule has 4 rings (SSSR count). The van der Waals surface area contributed by atoms with Crippen LogP contribution in [0.25, 0.3) is 11.3 Å². The van der Waals surface area contributed by atoms with Gasteiger partial charge in [0.05, 0.1) is 18.7 Å². The summed E-state index contributed by atoms with van der Waals surface area (Å²) in [5.74, 6) is 0.708. The molecule has 2 aromatic carbocycles. The summed E-state index contributed by atoms with van der Waals surface area (Å²) in [6.45, 7) is 1.11. The number of nitrogens with zero attached hydrogens (tertiary/aromatic N) is 3. The summed E-state index contributed by atoms with van der Waals surface area (Å²) in [7, 11) is 1.64. The highest BCUT2D eigenvalue weighted by molar-refractivity contribution is 5.94. The molecule has 1 aliphatic heterocycles. The number of nitriles is 1. The fourth-order valence-corrected chi connectivity index (χ4v) is 3.40. The number of hydrogen-bond donors (Lipinski definition) is 1. The number of fused-ring (bicyclic) bond motifs is 1. The maximum Gasteiger partial charge on any atom is 0.254 e. The largest absolute Gasteiger partial charge is 0.496 e. The minimum Gasteiger partial charge on any atom is -0.496 e. The average Bonchev–Trinajstić information content (AvgIpc) is 3.16. The number of para-hydroxylation sites is 1. The van der Waals surface area contributed by atoms with Crippen LogP contribution in [0.3, 0.4) is 0 Å². The number of aromatic nitrogens is 2. The van der Waals surface area contributed by atoms with Gasteiger partial charge in [-0.1, -0.05) is 12.1 Å². The second-order valence-corrected chi connectivity index (χ2v) is 6.40. The SMILES string of the molecule is COc1ccccc1-c1n[nH]c2c1CN(C(=O)c1ccc(C#N)cc1)CC2. The Hall–Kier alpha value is -3.59. The zero-order valence-corrected chi connectivity index (χ0v) is 14.9. The number of H-pyrrole nitrogens is 1. The van der Waals surface area contributed by atoms with Gasteiger partial charge in [-0.15, -0.1) is 0 Å². The third kappa shape index (κ3) is 3.04. The Labute approximate surface area is 157 Å². The number of ether oxygens (including phenoxy) is 1. The van der Waals surface area contributed by atoms with Crippen molar-refractivity contribution in [1.29, 1.82) is 5.26 Å². The van der Waals surface area contributed by atoms with E-state index < -0.39 is 0 Å². The third-order valence-corrected chi connectivity index (χ3v) is 4.84. The molecule has 0 saturated heterocycles. The van der Waals surface area contributed by atoms with E-state index in [0.29, 0.717) is 24.2 Å². The van der Waals surface area contributed by atoms with Crippen LogP contribution in [0.1, 0.15) is 27.2 Å². The lowest BCUT2D eigenvalue weighted by atomic mass is 9.99. The fraction of sp³-hybridized carbons (Fsp3) is 0.190. The first-order valence-electron chi connectivity index (χ1n) is 8.70. The lowest BCUT2D eigenvalue weighted by molar-refractivity contribution is 0.0734. The molecular formula is C21H18N4O2. The van der Waals surface area contributed by atoms with E-state index in [2.05, 4.69) is 16.3 Å². The maximum absolute atomic E-state index is 12.9. The van der Waals surface area contributed by atoms with Crippen molar-refractivity contribution in [2.75, 3.05) is 13.7 Å². The second kappa shape index (κ2) is 6.96. The number of aromatic amines is 1. The Morgan fingerprint density at radius 1 is 1.22 bits per heavy atom. The van der Waals surface area contributed by atoms with E-state index in [0.717, 1.165) is 34.7 Å². The molecule has 1 N–H and O–H groups in total. The van der Waals surface area contributed by atoms with Gasteiger partial charge in [-0.2, -0.15) is 10.4 Å². The number of methoxy groups -OCH3 is 1. The van der Waals surface area contributed by atoms with Gasteiger partial charge in [0.1, 0.15) is 11.4 Å². The molecule has 0 fully saturated rings. The van der Waals surface area contributed by atoms with Crippen LogP contribution < -0.4 is 4.74 Å². The van der Waals surface area contributed by atoms with Gasteiger partial charge in [0.2, 0.25) is 0 Å². The molecule has 6 nitrogen and oxygen atoms in total. The van der Waals surface area contributed by atoms with Crippen molar-refractivity contribution in [2.45, 2.75) is 13.0 Å². The molecule has 0 unspecified atom stereocenters. The Morgan fingerprint density at radius 3 is 2.74 bits per heavy atom. The lowest BCUT2D eigenvalue weighted by Crippen LogP contribution is -2.35. The minimum absolute atomic E-state index is 0.0442. The van der Waals surface area contributed by atoms with Crippen molar-refractivity contribution in [3.8, 4) is 23.1 Å². The summed E-state index contributed by atoms with van der Waals surface area (Å²) < 4.78 is 5.46. The molecule has 134 valence electrons.